The Morgan fingerprint density at radius 3 is 2.67 bits per heavy atom. The number of halogens is 1. The monoisotopic (exact) mass is 301 g/mol. The second-order valence-corrected chi connectivity index (χ2v) is 3.43. The molecule has 12 heavy (non-hydrogen) atoms. The fraction of sp³-hybridized carbons (Fsp3) is 0.625. The summed E-state index contributed by atoms with van der Waals surface area (Å²) < 4.78 is 2.20. The van der Waals surface area contributed by atoms with Gasteiger partial charge < -0.3 is 5.11 Å². The number of rotatable bonds is 3. The van der Waals surface area contributed by atoms with Gasteiger partial charge in [0.2, 0.25) is 29.5 Å². The number of aromatic nitrogens is 1. The van der Waals surface area contributed by atoms with Gasteiger partial charge in [-0.3, -0.25) is 0 Å². The molecule has 0 bridgehead atoms. The molecular weight excluding hydrogens is 285 g/mol. The van der Waals surface area contributed by atoms with Gasteiger partial charge in [-0.1, -0.05) is 11.3 Å². The molecule has 4 heteroatoms. The Balaban J connectivity index is 0.00000121. The van der Waals surface area contributed by atoms with Crippen LogP contribution in [-0.2, 0) is 13.0 Å². The molecule has 1 aromatic rings. The van der Waals surface area contributed by atoms with E-state index in [1.165, 1.54) is 10.6 Å². The lowest BCUT2D eigenvalue weighted by Crippen LogP contribution is -3.00. The molecule has 1 aromatic heterocycles. The summed E-state index contributed by atoms with van der Waals surface area (Å²) in [5, 5.41) is 8.72. The maximum Gasteiger partial charge on any atom is 0.235 e. The maximum atomic E-state index is 8.72. The summed E-state index contributed by atoms with van der Waals surface area (Å²) in [4.78, 5) is 1.30. The fourth-order valence-electron chi connectivity index (χ4n) is 1.10. The highest BCUT2D eigenvalue weighted by Gasteiger charge is 2.11. The first-order valence-corrected chi connectivity index (χ1v) is 4.74. The zero-order valence-corrected chi connectivity index (χ0v) is 10.8. The van der Waals surface area contributed by atoms with Gasteiger partial charge in [-0.2, -0.15) is 4.57 Å². The van der Waals surface area contributed by atoms with E-state index in [9.17, 15) is 0 Å². The third kappa shape index (κ3) is 2.67. The van der Waals surface area contributed by atoms with Crippen LogP contribution in [-0.4, -0.2) is 11.7 Å². The molecule has 1 rings (SSSR count). The fourth-order valence-corrected chi connectivity index (χ4v) is 2.16. The highest BCUT2D eigenvalue weighted by Crippen LogP contribution is 2.10. The molecule has 0 unspecified atom stereocenters. The van der Waals surface area contributed by atoms with E-state index < -0.39 is 0 Å². The van der Waals surface area contributed by atoms with Crippen LogP contribution in [0.1, 0.15) is 17.5 Å². The predicted molar refractivity (Wildman–Crippen MR) is 48.5 cm³/mol. The molecule has 0 fully saturated rings. The molecule has 0 saturated heterocycles. The van der Waals surface area contributed by atoms with Crippen molar-refractivity contribution in [3.05, 3.63) is 16.1 Å². The van der Waals surface area contributed by atoms with E-state index in [2.05, 4.69) is 23.9 Å². The van der Waals surface area contributed by atoms with Gasteiger partial charge in [-0.15, -0.1) is 0 Å². The summed E-state index contributed by atoms with van der Waals surface area (Å²) in [5.74, 6) is 0. The van der Waals surface area contributed by atoms with E-state index in [0.29, 0.717) is 0 Å². The normalized spacial score (nSPS) is 9.58. The molecule has 70 valence electrons. The molecule has 0 saturated carbocycles. The van der Waals surface area contributed by atoms with Crippen LogP contribution in [0.4, 0.5) is 0 Å². The van der Waals surface area contributed by atoms with Crippen LogP contribution in [0.2, 0.25) is 0 Å². The molecule has 0 aromatic carbocycles. The third-order valence-corrected chi connectivity index (χ3v) is 2.98. The van der Waals surface area contributed by atoms with Gasteiger partial charge in [-0.05, 0) is 6.92 Å². The van der Waals surface area contributed by atoms with Gasteiger partial charge in [0.05, 0.1) is 4.88 Å². The minimum absolute atomic E-state index is 0. The van der Waals surface area contributed by atoms with Gasteiger partial charge in [0.1, 0.15) is 6.54 Å². The smallest absolute Gasteiger partial charge is 0.235 e. The number of aryl methyl sites for hydroxylation is 1. The van der Waals surface area contributed by atoms with Gasteiger partial charge in [0.15, 0.2) is 5.69 Å². The van der Waals surface area contributed by atoms with Crippen LogP contribution in [0.5, 0.6) is 0 Å². The summed E-state index contributed by atoms with van der Waals surface area (Å²) in [7, 11) is 0. The van der Waals surface area contributed by atoms with Crippen molar-refractivity contribution in [2.24, 2.45) is 0 Å². The second-order valence-electron chi connectivity index (χ2n) is 2.49. The first-order valence-electron chi connectivity index (χ1n) is 3.86. The molecule has 0 aliphatic heterocycles. The van der Waals surface area contributed by atoms with Gasteiger partial charge in [-0.25, -0.2) is 0 Å². The van der Waals surface area contributed by atoms with Gasteiger partial charge >= 0.3 is 0 Å². The average Bonchev–Trinajstić information content (AvgIpc) is 2.34. The number of nitrogens with zero attached hydrogens (tertiary/aromatic N) is 1. The van der Waals surface area contributed by atoms with Gasteiger partial charge in [0.25, 0.3) is 0 Å². The van der Waals surface area contributed by atoms with Crippen molar-refractivity contribution in [2.75, 3.05) is 6.61 Å². The minimum atomic E-state index is 0. The quantitative estimate of drug-likeness (QED) is 0.479. The first-order chi connectivity index (χ1) is 5.29. The Labute approximate surface area is 94.3 Å². The molecule has 1 heterocycles. The lowest BCUT2D eigenvalue weighted by molar-refractivity contribution is -0.694. The summed E-state index contributed by atoms with van der Waals surface area (Å²) >= 11 is 1.73. The van der Waals surface area contributed by atoms with E-state index in [4.69, 9.17) is 5.11 Å². The Bertz CT molecular complexity index is 237. The maximum absolute atomic E-state index is 8.72. The Morgan fingerprint density at radius 2 is 2.25 bits per heavy atom. The van der Waals surface area contributed by atoms with E-state index in [-0.39, 0.29) is 30.6 Å². The first kappa shape index (κ1) is 12.3. The number of hydrogen-bond donors (Lipinski definition) is 1. The number of hydrogen-bond acceptors (Lipinski definition) is 2. The van der Waals surface area contributed by atoms with Crippen LogP contribution < -0.4 is 28.5 Å². The summed E-state index contributed by atoms with van der Waals surface area (Å²) in [5.41, 5.74) is 3.41. The summed E-state index contributed by atoms with van der Waals surface area (Å²) in [6.45, 7) is 5.51. The molecular formula is C8H16INOS+2. The average molecular weight is 301 g/mol. The molecule has 1 N–H and O–H groups in total. The zero-order valence-electron chi connectivity index (χ0n) is 7.45. The van der Waals surface area contributed by atoms with Crippen LogP contribution in [0.25, 0.3) is 0 Å². The second kappa shape index (κ2) is 5.88. The Kier molecular flexibility index (Phi) is 6.04. The molecule has 0 aliphatic rings. The van der Waals surface area contributed by atoms with E-state index in [1.54, 1.807) is 11.3 Å². The number of aliphatic hydroxyl groups excluding tert-OH is 1. The van der Waals surface area contributed by atoms with Crippen LogP contribution >= 0.6 is 11.3 Å². The Morgan fingerprint density at radius 1 is 1.58 bits per heavy atom. The van der Waals surface area contributed by atoms with Gasteiger partial charge in [0, 0.05) is 20.0 Å². The lowest BCUT2D eigenvalue weighted by atomic mass is 10.3. The van der Waals surface area contributed by atoms with Crippen LogP contribution in [0, 0.1) is 6.92 Å². The van der Waals surface area contributed by atoms with Crippen LogP contribution in [0.3, 0.4) is 0 Å². The molecule has 0 radical (unpaired) electrons. The zero-order chi connectivity index (χ0) is 8.27. The molecule has 0 spiro atoms. The number of thiazole rings is 1. The Hall–Kier alpha value is 0.320. The standard InChI is InChI=1S/C8H14NOS.H2I/c1-3-9-6-11-8(4-5-10)7(9)2;/h6,10H,3-5H2,1-2H3;1H2/q2*+1. The summed E-state index contributed by atoms with van der Waals surface area (Å²) in [6, 6.07) is 0. The van der Waals surface area contributed by atoms with Crippen molar-refractivity contribution in [1.82, 2.24) is 0 Å². The molecule has 0 atom stereocenters. The van der Waals surface area contributed by atoms with E-state index in [1.807, 2.05) is 0 Å². The van der Waals surface area contributed by atoms with Crippen molar-refractivity contribution < 1.29 is 33.7 Å². The van der Waals surface area contributed by atoms with Crippen molar-refractivity contribution >= 4 is 11.3 Å². The molecule has 2 nitrogen and oxygen atoms in total. The SMILES string of the molecule is CC[n+]1csc(CCO)c1C.[IH2+]. The van der Waals surface area contributed by atoms with Crippen molar-refractivity contribution in [1.29, 1.82) is 0 Å². The molecule has 0 aliphatic carbocycles. The lowest BCUT2D eigenvalue weighted by Gasteiger charge is -1.90. The highest BCUT2D eigenvalue weighted by atomic mass is 127. The minimum Gasteiger partial charge on any atom is -0.396 e. The summed E-state index contributed by atoms with van der Waals surface area (Å²) in [6.07, 6.45) is 0.795. The van der Waals surface area contributed by atoms with Crippen LogP contribution in [0.15, 0.2) is 5.51 Å². The van der Waals surface area contributed by atoms with Crippen molar-refractivity contribution in [2.45, 2.75) is 26.8 Å². The van der Waals surface area contributed by atoms with E-state index >= 15 is 0 Å². The predicted octanol–water partition coefficient (Wildman–Crippen LogP) is -2.63. The van der Waals surface area contributed by atoms with E-state index in [0.717, 1.165) is 13.0 Å². The topological polar surface area (TPSA) is 24.1 Å². The molecule has 0 amide bonds. The van der Waals surface area contributed by atoms with Crippen molar-refractivity contribution in [3.8, 4) is 0 Å². The highest BCUT2D eigenvalue weighted by molar-refractivity contribution is 7.09. The number of aliphatic hydroxyl groups is 1. The largest absolute Gasteiger partial charge is 0.396 e. The third-order valence-electron chi connectivity index (χ3n) is 1.84. The van der Waals surface area contributed by atoms with Crippen molar-refractivity contribution in [3.63, 3.8) is 0 Å².